The van der Waals surface area contributed by atoms with Gasteiger partial charge in [-0.1, -0.05) is 36.5 Å². The number of carbonyl (C=O) groups is 2. The predicted octanol–water partition coefficient (Wildman–Crippen LogP) is 6.17. The normalized spacial score (nSPS) is 15.6. The van der Waals surface area contributed by atoms with Gasteiger partial charge in [-0.25, -0.2) is 9.78 Å². The Morgan fingerprint density at radius 2 is 1.94 bits per heavy atom. The summed E-state index contributed by atoms with van der Waals surface area (Å²) in [6.07, 6.45) is 3.33. The predicted molar refractivity (Wildman–Crippen MR) is 124 cm³/mol. The zero-order valence-corrected chi connectivity index (χ0v) is 20.5. The van der Waals surface area contributed by atoms with Gasteiger partial charge in [-0.15, -0.1) is 0 Å². The lowest BCUT2D eigenvalue weighted by molar-refractivity contribution is 0.00926. The lowest BCUT2D eigenvalue weighted by Gasteiger charge is -2.35. The van der Waals surface area contributed by atoms with Crippen molar-refractivity contribution >= 4 is 35.1 Å². The molecule has 6 nitrogen and oxygen atoms in total. The molecule has 0 saturated carbocycles. The zero-order valence-electron chi connectivity index (χ0n) is 19.0. The van der Waals surface area contributed by atoms with Crippen molar-refractivity contribution in [2.45, 2.75) is 79.1 Å². The van der Waals surface area contributed by atoms with Crippen LogP contribution in [0.3, 0.4) is 0 Å². The van der Waals surface area contributed by atoms with Crippen LogP contribution in [-0.2, 0) is 24.2 Å². The number of Topliss-reactive ketones (excluding diaryl/α,β-unsaturated/α-hetero) is 1. The molecule has 0 radical (unpaired) electrons. The largest absolute Gasteiger partial charge is 0.444 e. The van der Waals surface area contributed by atoms with Gasteiger partial charge in [-0.2, -0.15) is 0 Å². The van der Waals surface area contributed by atoms with Crippen molar-refractivity contribution in [3.63, 3.8) is 0 Å². The van der Waals surface area contributed by atoms with Crippen molar-refractivity contribution in [3.05, 3.63) is 51.5 Å². The molecule has 0 spiro atoms. The minimum atomic E-state index is -0.520. The van der Waals surface area contributed by atoms with Crippen molar-refractivity contribution in [1.29, 1.82) is 0 Å². The molecule has 8 heteroatoms. The van der Waals surface area contributed by atoms with Crippen LogP contribution in [0.25, 0.3) is 0 Å². The Bertz CT molecular complexity index is 935. The number of fused-ring (bicyclic) bond motifs is 1. The first-order chi connectivity index (χ1) is 14.4. The molecule has 3 rings (SSSR count). The van der Waals surface area contributed by atoms with Gasteiger partial charge in [0.15, 0.2) is 5.78 Å². The Morgan fingerprint density at radius 3 is 2.52 bits per heavy atom. The van der Waals surface area contributed by atoms with Gasteiger partial charge >= 0.3 is 6.09 Å². The van der Waals surface area contributed by atoms with E-state index in [2.05, 4.69) is 11.9 Å². The Hall–Kier alpha value is -2.05. The van der Waals surface area contributed by atoms with Crippen LogP contribution in [0.5, 0.6) is 0 Å². The van der Waals surface area contributed by atoms with Crippen molar-refractivity contribution in [1.82, 2.24) is 14.5 Å². The van der Waals surface area contributed by atoms with E-state index in [1.165, 1.54) is 6.92 Å². The maximum Gasteiger partial charge on any atom is 0.411 e. The standard InChI is InChI=1S/C14H21N3O3.C9H10Cl2/c1-9-7-17-11(10(2)18)6-15-12(17)8-16(9)13(19)20-14(3,4)5;1-2-3-7-6-8(10)4-5-9(7)11/h6,9H,7-8H2,1-5H3;4-6H,2-3H2,1H3. The molecule has 1 unspecified atom stereocenters. The molecule has 0 fully saturated rings. The van der Waals surface area contributed by atoms with Crippen LogP contribution >= 0.6 is 23.2 Å². The highest BCUT2D eigenvalue weighted by Crippen LogP contribution is 2.22. The number of halogens is 2. The second-order valence-electron chi connectivity index (χ2n) is 8.67. The first kappa shape index (κ1) is 25.2. The highest BCUT2D eigenvalue weighted by Gasteiger charge is 2.32. The fourth-order valence-electron chi connectivity index (χ4n) is 3.27. The topological polar surface area (TPSA) is 64.4 Å². The zero-order chi connectivity index (χ0) is 23.3. The van der Waals surface area contributed by atoms with Gasteiger partial charge < -0.3 is 9.30 Å². The number of imidazole rings is 1. The number of ketones is 1. The van der Waals surface area contributed by atoms with E-state index < -0.39 is 5.60 Å². The molecule has 0 N–H and O–H groups in total. The Morgan fingerprint density at radius 1 is 1.26 bits per heavy atom. The molecule has 1 amide bonds. The van der Waals surface area contributed by atoms with Gasteiger partial charge in [0.1, 0.15) is 17.1 Å². The van der Waals surface area contributed by atoms with Crippen LogP contribution in [0.1, 0.15) is 69.8 Å². The van der Waals surface area contributed by atoms with Crippen LogP contribution in [-0.4, -0.2) is 38.0 Å². The summed E-state index contributed by atoms with van der Waals surface area (Å²) >= 11 is 11.7. The summed E-state index contributed by atoms with van der Waals surface area (Å²) in [4.78, 5) is 29.6. The minimum absolute atomic E-state index is 0.0123. The van der Waals surface area contributed by atoms with Gasteiger partial charge in [0.2, 0.25) is 0 Å². The van der Waals surface area contributed by atoms with E-state index in [-0.39, 0.29) is 17.9 Å². The number of aromatic nitrogens is 2. The monoisotopic (exact) mass is 467 g/mol. The van der Waals surface area contributed by atoms with Gasteiger partial charge in [-0.05, 0) is 57.9 Å². The number of hydrogen-bond acceptors (Lipinski definition) is 4. The second-order valence-corrected chi connectivity index (χ2v) is 9.51. The summed E-state index contributed by atoms with van der Waals surface area (Å²) in [6.45, 7) is 12.0. The maximum atomic E-state index is 12.2. The molecule has 170 valence electrons. The lowest BCUT2D eigenvalue weighted by atomic mass is 10.1. The number of nitrogens with zero attached hydrogens (tertiary/aromatic N) is 3. The molecule has 1 aliphatic rings. The fraction of sp³-hybridized carbons (Fsp3) is 0.522. The van der Waals surface area contributed by atoms with Crippen LogP contribution in [0.2, 0.25) is 10.0 Å². The molecule has 2 heterocycles. The number of benzene rings is 1. The van der Waals surface area contributed by atoms with Crippen LogP contribution in [0.4, 0.5) is 4.79 Å². The molecule has 1 atom stereocenters. The summed E-state index contributed by atoms with van der Waals surface area (Å²) < 4.78 is 7.28. The highest BCUT2D eigenvalue weighted by atomic mass is 35.5. The molecule has 0 aliphatic carbocycles. The van der Waals surface area contributed by atoms with Crippen molar-refractivity contribution in [3.8, 4) is 0 Å². The molecule has 1 aromatic heterocycles. The van der Waals surface area contributed by atoms with Crippen LogP contribution in [0.15, 0.2) is 24.4 Å². The average molecular weight is 468 g/mol. The number of rotatable bonds is 3. The molecule has 2 aromatic rings. The van der Waals surface area contributed by atoms with Crippen molar-refractivity contribution in [2.24, 2.45) is 0 Å². The average Bonchev–Trinajstić information content (AvgIpc) is 3.06. The van der Waals surface area contributed by atoms with E-state index in [4.69, 9.17) is 27.9 Å². The van der Waals surface area contributed by atoms with E-state index >= 15 is 0 Å². The number of carbonyl (C=O) groups excluding carboxylic acids is 2. The summed E-state index contributed by atoms with van der Waals surface area (Å²) in [7, 11) is 0. The fourth-order valence-corrected chi connectivity index (χ4v) is 3.67. The highest BCUT2D eigenvalue weighted by molar-refractivity contribution is 6.33. The molecule has 1 aromatic carbocycles. The van der Waals surface area contributed by atoms with E-state index in [0.717, 1.165) is 34.3 Å². The van der Waals surface area contributed by atoms with E-state index in [1.54, 1.807) is 11.1 Å². The first-order valence-electron chi connectivity index (χ1n) is 10.4. The summed E-state index contributed by atoms with van der Waals surface area (Å²) in [5.74, 6) is 0.709. The lowest BCUT2D eigenvalue weighted by Crippen LogP contribution is -2.47. The molecule has 0 saturated heterocycles. The van der Waals surface area contributed by atoms with E-state index in [1.807, 2.05) is 50.5 Å². The third-order valence-electron chi connectivity index (χ3n) is 4.74. The van der Waals surface area contributed by atoms with Gasteiger partial charge in [0.25, 0.3) is 0 Å². The van der Waals surface area contributed by atoms with Gasteiger partial charge in [-0.3, -0.25) is 9.69 Å². The molecule has 31 heavy (non-hydrogen) atoms. The van der Waals surface area contributed by atoms with Gasteiger partial charge in [0, 0.05) is 23.5 Å². The Kier molecular flexibility index (Phi) is 8.55. The van der Waals surface area contributed by atoms with Crippen LogP contribution < -0.4 is 0 Å². The van der Waals surface area contributed by atoms with Gasteiger partial charge in [0.05, 0.1) is 18.8 Å². The molecular weight excluding hydrogens is 437 g/mol. The minimum Gasteiger partial charge on any atom is -0.444 e. The first-order valence-corrected chi connectivity index (χ1v) is 11.2. The maximum absolute atomic E-state index is 12.2. The Balaban J connectivity index is 0.000000262. The number of ether oxygens (including phenoxy) is 1. The number of aryl methyl sites for hydroxylation is 1. The summed E-state index contributed by atoms with van der Waals surface area (Å²) in [5.41, 5.74) is 1.21. The quantitative estimate of drug-likeness (QED) is 0.506. The molecule has 0 bridgehead atoms. The number of hydrogen-bond donors (Lipinski definition) is 0. The van der Waals surface area contributed by atoms with Crippen molar-refractivity contribution < 1.29 is 14.3 Å². The van der Waals surface area contributed by atoms with E-state index in [9.17, 15) is 9.59 Å². The summed E-state index contributed by atoms with van der Waals surface area (Å²) in [6, 6.07) is 5.54. The third kappa shape index (κ3) is 6.97. The SMILES string of the molecule is CC(=O)c1cnc2n1CC(C)N(C(=O)OC(C)(C)C)C2.CCCc1cc(Cl)ccc1Cl. The smallest absolute Gasteiger partial charge is 0.411 e. The molecular formula is C23H31Cl2N3O3. The van der Waals surface area contributed by atoms with E-state index in [0.29, 0.717) is 18.8 Å². The number of amides is 1. The summed E-state index contributed by atoms with van der Waals surface area (Å²) in [5, 5.41) is 1.58. The Labute approximate surface area is 194 Å². The third-order valence-corrected chi connectivity index (χ3v) is 5.35. The second kappa shape index (κ2) is 10.5. The molecule has 1 aliphatic heterocycles. The van der Waals surface area contributed by atoms with Crippen LogP contribution in [0, 0.1) is 0 Å². The van der Waals surface area contributed by atoms with Crippen molar-refractivity contribution in [2.75, 3.05) is 0 Å².